The van der Waals surface area contributed by atoms with E-state index in [9.17, 15) is 13.2 Å². The Labute approximate surface area is 184 Å². The number of nitrogens with one attached hydrogen (secondary N) is 1. The zero-order chi connectivity index (χ0) is 21.0. The predicted molar refractivity (Wildman–Crippen MR) is 117 cm³/mol. The van der Waals surface area contributed by atoms with Gasteiger partial charge in [-0.15, -0.1) is 0 Å². The Hall–Kier alpha value is -1.51. The minimum Gasteiger partial charge on any atom is -0.309 e. The predicted octanol–water partition coefficient (Wildman–Crippen LogP) is 4.73. The van der Waals surface area contributed by atoms with Gasteiger partial charge in [-0.1, -0.05) is 59.3 Å². The molecule has 0 aliphatic heterocycles. The molecule has 0 spiro atoms. The molecule has 1 aromatic heterocycles. The van der Waals surface area contributed by atoms with Crippen LogP contribution in [0.1, 0.15) is 49.3 Å². The van der Waals surface area contributed by atoms with Crippen LogP contribution in [0, 0.1) is 5.92 Å². The van der Waals surface area contributed by atoms with Crippen molar-refractivity contribution >= 4 is 49.1 Å². The van der Waals surface area contributed by atoms with E-state index in [1.807, 2.05) is 0 Å². The van der Waals surface area contributed by atoms with Crippen molar-refractivity contribution in [3.05, 3.63) is 46.9 Å². The summed E-state index contributed by atoms with van der Waals surface area (Å²) >= 11 is 9.55. The van der Waals surface area contributed by atoms with E-state index in [1.165, 1.54) is 25.1 Å². The van der Waals surface area contributed by atoms with Crippen LogP contribution in [-0.4, -0.2) is 30.5 Å². The van der Waals surface area contributed by atoms with Gasteiger partial charge in [-0.2, -0.15) is 0 Å². The van der Waals surface area contributed by atoms with Gasteiger partial charge in [0, 0.05) is 11.6 Å². The summed E-state index contributed by atoms with van der Waals surface area (Å²) in [6.07, 6.45) is 9.48. The molecule has 1 amide bonds. The maximum absolute atomic E-state index is 13.1. The summed E-state index contributed by atoms with van der Waals surface area (Å²) in [4.78, 5) is 21.6. The SMILES string of the molecule is CS(=O)(=O)c1ccc(C(CC2CCCC2)C(=O)Nc2cnc(CBr)cn2)cc1Cl. The number of anilines is 1. The molecule has 6 nitrogen and oxygen atoms in total. The Balaban J connectivity index is 1.87. The molecular weight excluding hydrogens is 478 g/mol. The fourth-order valence-electron chi connectivity index (χ4n) is 3.71. The number of alkyl halides is 1. The van der Waals surface area contributed by atoms with Gasteiger partial charge in [0.1, 0.15) is 0 Å². The quantitative estimate of drug-likeness (QED) is 0.555. The molecule has 1 aliphatic rings. The first-order valence-corrected chi connectivity index (χ1v) is 12.8. The molecule has 9 heteroatoms. The molecule has 0 bridgehead atoms. The van der Waals surface area contributed by atoms with Crippen molar-refractivity contribution in [3.63, 3.8) is 0 Å². The molecule has 1 aromatic carbocycles. The number of carbonyl (C=O) groups is 1. The van der Waals surface area contributed by atoms with Gasteiger partial charge in [-0.05, 0) is 30.0 Å². The lowest BCUT2D eigenvalue weighted by Gasteiger charge is -2.21. The Morgan fingerprint density at radius 3 is 2.55 bits per heavy atom. The second-order valence-electron chi connectivity index (χ2n) is 7.42. The van der Waals surface area contributed by atoms with Gasteiger partial charge in [0.15, 0.2) is 15.7 Å². The monoisotopic (exact) mass is 499 g/mol. The molecule has 0 radical (unpaired) electrons. The van der Waals surface area contributed by atoms with Crippen molar-refractivity contribution in [1.29, 1.82) is 0 Å². The van der Waals surface area contributed by atoms with E-state index in [1.54, 1.807) is 18.3 Å². The molecule has 1 N–H and O–H groups in total. The molecule has 156 valence electrons. The second-order valence-corrected chi connectivity index (χ2v) is 10.4. The van der Waals surface area contributed by atoms with Crippen molar-refractivity contribution in [2.75, 3.05) is 11.6 Å². The van der Waals surface area contributed by atoms with Crippen LogP contribution < -0.4 is 5.32 Å². The molecule has 1 fully saturated rings. The van der Waals surface area contributed by atoms with Gasteiger partial charge < -0.3 is 5.32 Å². The number of carbonyl (C=O) groups excluding carboxylic acids is 1. The highest BCUT2D eigenvalue weighted by Crippen LogP contribution is 2.36. The van der Waals surface area contributed by atoms with Gasteiger partial charge in [0.2, 0.25) is 5.91 Å². The number of hydrogen-bond acceptors (Lipinski definition) is 5. The smallest absolute Gasteiger partial charge is 0.233 e. The van der Waals surface area contributed by atoms with E-state index in [4.69, 9.17) is 11.6 Å². The van der Waals surface area contributed by atoms with E-state index in [2.05, 4.69) is 31.2 Å². The Morgan fingerprint density at radius 2 is 2.00 bits per heavy atom. The first kappa shape index (κ1) is 22.2. The number of sulfone groups is 1. The third-order valence-corrected chi connectivity index (χ3v) is 7.37. The zero-order valence-corrected chi connectivity index (χ0v) is 19.2. The van der Waals surface area contributed by atoms with E-state index in [0.29, 0.717) is 29.1 Å². The number of benzene rings is 1. The molecule has 1 unspecified atom stereocenters. The average molecular weight is 501 g/mol. The van der Waals surface area contributed by atoms with E-state index in [-0.39, 0.29) is 15.8 Å². The summed E-state index contributed by atoms with van der Waals surface area (Å²) in [6.45, 7) is 0. The van der Waals surface area contributed by atoms with Crippen molar-refractivity contribution in [1.82, 2.24) is 9.97 Å². The number of rotatable bonds is 7. The topological polar surface area (TPSA) is 89.0 Å². The summed E-state index contributed by atoms with van der Waals surface area (Å²) in [5, 5.41) is 3.56. The number of amides is 1. The molecule has 3 rings (SSSR count). The van der Waals surface area contributed by atoms with Crippen LogP contribution in [0.4, 0.5) is 5.82 Å². The summed E-state index contributed by atoms with van der Waals surface area (Å²) in [5.41, 5.74) is 1.48. The van der Waals surface area contributed by atoms with Crippen LogP contribution in [0.5, 0.6) is 0 Å². The van der Waals surface area contributed by atoms with Crippen molar-refractivity contribution in [3.8, 4) is 0 Å². The Morgan fingerprint density at radius 1 is 1.28 bits per heavy atom. The minimum absolute atomic E-state index is 0.0687. The Bertz CT molecular complexity index is 977. The van der Waals surface area contributed by atoms with Gasteiger partial charge in [0.25, 0.3) is 0 Å². The van der Waals surface area contributed by atoms with Crippen LogP contribution in [0.3, 0.4) is 0 Å². The fourth-order valence-corrected chi connectivity index (χ4v) is 5.34. The van der Waals surface area contributed by atoms with Crippen molar-refractivity contribution < 1.29 is 13.2 Å². The van der Waals surface area contributed by atoms with Gasteiger partial charge in [-0.3, -0.25) is 9.78 Å². The van der Waals surface area contributed by atoms with Crippen LogP contribution in [0.15, 0.2) is 35.5 Å². The van der Waals surface area contributed by atoms with Crippen LogP contribution in [0.2, 0.25) is 5.02 Å². The molecule has 2 aromatic rings. The number of aromatic nitrogens is 2. The summed E-state index contributed by atoms with van der Waals surface area (Å²) in [5.74, 6) is 0.207. The van der Waals surface area contributed by atoms with Crippen LogP contribution >= 0.6 is 27.5 Å². The largest absolute Gasteiger partial charge is 0.309 e. The normalized spacial score (nSPS) is 16.0. The average Bonchev–Trinajstić information content (AvgIpc) is 3.19. The molecule has 1 aliphatic carbocycles. The third-order valence-electron chi connectivity index (χ3n) is 5.21. The molecular formula is C20H23BrClN3O3S. The number of halogens is 2. The lowest BCUT2D eigenvalue weighted by Crippen LogP contribution is -2.24. The minimum atomic E-state index is -3.43. The molecule has 1 heterocycles. The molecule has 0 saturated heterocycles. The molecule has 1 saturated carbocycles. The van der Waals surface area contributed by atoms with Gasteiger partial charge in [-0.25, -0.2) is 13.4 Å². The first-order chi connectivity index (χ1) is 13.8. The van der Waals surface area contributed by atoms with Crippen molar-refractivity contribution in [2.45, 2.75) is 48.2 Å². The van der Waals surface area contributed by atoms with E-state index < -0.39 is 15.8 Å². The second kappa shape index (κ2) is 9.53. The van der Waals surface area contributed by atoms with Gasteiger partial charge in [0.05, 0.1) is 33.9 Å². The molecule has 29 heavy (non-hydrogen) atoms. The van der Waals surface area contributed by atoms with E-state index >= 15 is 0 Å². The maximum atomic E-state index is 13.1. The highest BCUT2D eigenvalue weighted by molar-refractivity contribution is 9.08. The summed E-state index contributed by atoms with van der Waals surface area (Å²) in [6, 6.07) is 4.75. The lowest BCUT2D eigenvalue weighted by molar-refractivity contribution is -0.118. The van der Waals surface area contributed by atoms with Crippen LogP contribution in [0.25, 0.3) is 0 Å². The highest BCUT2D eigenvalue weighted by Gasteiger charge is 2.28. The number of hydrogen-bond donors (Lipinski definition) is 1. The fraction of sp³-hybridized carbons (Fsp3) is 0.450. The number of nitrogens with zero attached hydrogens (tertiary/aromatic N) is 2. The maximum Gasteiger partial charge on any atom is 0.233 e. The standard InChI is InChI=1S/C20H23BrClN3O3S/c1-29(27,28)18-7-6-14(9-17(18)22)16(8-13-4-2-3-5-13)20(26)25-19-12-23-15(10-21)11-24-19/h6-7,9,11-13,16H,2-5,8,10H2,1H3,(H,24,25,26). The Kier molecular flexibility index (Phi) is 7.29. The zero-order valence-electron chi connectivity index (χ0n) is 16.1. The van der Waals surface area contributed by atoms with Crippen LogP contribution in [-0.2, 0) is 20.0 Å². The highest BCUT2D eigenvalue weighted by atomic mass is 79.9. The molecule has 1 atom stereocenters. The van der Waals surface area contributed by atoms with Crippen molar-refractivity contribution in [2.24, 2.45) is 5.92 Å². The lowest BCUT2D eigenvalue weighted by atomic mass is 9.87. The van der Waals surface area contributed by atoms with E-state index in [0.717, 1.165) is 24.8 Å². The third kappa shape index (κ3) is 5.77. The van der Waals surface area contributed by atoms with Gasteiger partial charge >= 0.3 is 0 Å². The summed E-state index contributed by atoms with van der Waals surface area (Å²) < 4.78 is 23.7. The first-order valence-electron chi connectivity index (χ1n) is 9.45. The summed E-state index contributed by atoms with van der Waals surface area (Å²) in [7, 11) is -3.43.